The van der Waals surface area contributed by atoms with Gasteiger partial charge in [-0.15, -0.1) is 0 Å². The Morgan fingerprint density at radius 3 is 2.70 bits per heavy atom. The summed E-state index contributed by atoms with van der Waals surface area (Å²) < 4.78 is 1.99. The molecule has 0 spiro atoms. The molecule has 0 fully saturated rings. The second-order valence-corrected chi connectivity index (χ2v) is 5.17. The molecule has 0 aliphatic carbocycles. The highest BCUT2D eigenvalue weighted by Gasteiger charge is 2.16. The lowest BCUT2D eigenvalue weighted by Gasteiger charge is -2.21. The summed E-state index contributed by atoms with van der Waals surface area (Å²) in [5, 5.41) is 4.51. The van der Waals surface area contributed by atoms with Crippen LogP contribution >= 0.6 is 0 Å². The van der Waals surface area contributed by atoms with E-state index in [9.17, 15) is 0 Å². The van der Waals surface area contributed by atoms with E-state index in [1.54, 1.807) is 0 Å². The molecule has 0 atom stereocenters. The van der Waals surface area contributed by atoms with Gasteiger partial charge in [-0.05, 0) is 32.4 Å². The van der Waals surface area contributed by atoms with Crippen molar-refractivity contribution in [1.29, 1.82) is 0 Å². The van der Waals surface area contributed by atoms with E-state index >= 15 is 0 Å². The minimum Gasteiger partial charge on any atom is -0.394 e. The van der Waals surface area contributed by atoms with Gasteiger partial charge in [-0.25, -0.2) is 4.68 Å². The third kappa shape index (κ3) is 2.92. The zero-order valence-electron chi connectivity index (χ0n) is 12.7. The van der Waals surface area contributed by atoms with Crippen LogP contribution < -0.4 is 10.6 Å². The number of hydrogen-bond donors (Lipinski definition) is 1. The van der Waals surface area contributed by atoms with Crippen molar-refractivity contribution in [3.8, 4) is 0 Å². The van der Waals surface area contributed by atoms with Gasteiger partial charge >= 0.3 is 0 Å². The van der Waals surface area contributed by atoms with Crippen LogP contribution in [0.5, 0.6) is 0 Å². The Morgan fingerprint density at radius 1 is 1.30 bits per heavy atom. The number of nitrogens with zero attached hydrogens (tertiary/aromatic N) is 4. The monoisotopic (exact) mass is 273 g/mol. The zero-order chi connectivity index (χ0) is 14.7. The Kier molecular flexibility index (Phi) is 4.27. The maximum Gasteiger partial charge on any atom is 0.150 e. The number of anilines is 2. The summed E-state index contributed by atoms with van der Waals surface area (Å²) in [5.74, 6) is 0.979. The predicted molar refractivity (Wildman–Crippen MR) is 82.7 cm³/mol. The molecule has 2 aromatic rings. The molecule has 108 valence electrons. The Hall–Kier alpha value is -2.04. The third-order valence-electron chi connectivity index (χ3n) is 3.29. The first-order chi connectivity index (χ1) is 9.52. The largest absolute Gasteiger partial charge is 0.394 e. The second kappa shape index (κ2) is 5.94. The van der Waals surface area contributed by atoms with E-state index < -0.39 is 0 Å². The molecule has 0 aliphatic heterocycles. The van der Waals surface area contributed by atoms with Crippen molar-refractivity contribution in [2.45, 2.75) is 40.3 Å². The summed E-state index contributed by atoms with van der Waals surface area (Å²) in [7, 11) is 2.03. The maximum atomic E-state index is 6.17. The first kappa shape index (κ1) is 14.4. The van der Waals surface area contributed by atoms with Gasteiger partial charge in [0.05, 0.1) is 23.6 Å². The summed E-state index contributed by atoms with van der Waals surface area (Å²) in [6.07, 6.45) is 1.03. The molecular formula is C15H23N5. The minimum absolute atomic E-state index is 0.723. The lowest BCUT2D eigenvalue weighted by atomic mass is 10.3. The predicted octanol–water partition coefficient (Wildman–Crippen LogP) is 2.52. The highest BCUT2D eigenvalue weighted by Crippen LogP contribution is 2.26. The van der Waals surface area contributed by atoms with Gasteiger partial charge in [0.15, 0.2) is 5.82 Å². The SMILES string of the molecule is CCCn1nc(C)c(N)c1N(C)Cc1cccc(C)n1. The molecule has 5 nitrogen and oxygen atoms in total. The lowest BCUT2D eigenvalue weighted by molar-refractivity contribution is 0.590. The second-order valence-electron chi connectivity index (χ2n) is 5.17. The number of nitrogens with two attached hydrogens (primary N) is 1. The smallest absolute Gasteiger partial charge is 0.150 e. The van der Waals surface area contributed by atoms with E-state index in [0.29, 0.717) is 0 Å². The molecule has 2 N–H and O–H groups in total. The van der Waals surface area contributed by atoms with Gasteiger partial charge in [-0.1, -0.05) is 13.0 Å². The van der Waals surface area contributed by atoms with Gasteiger partial charge in [-0.2, -0.15) is 5.10 Å². The molecule has 0 amide bonds. The summed E-state index contributed by atoms with van der Waals surface area (Å²) in [6, 6.07) is 6.07. The molecule has 0 unspecified atom stereocenters. The topological polar surface area (TPSA) is 60.0 Å². The standard InChI is InChI=1S/C15H23N5/c1-5-9-20-15(14(16)12(3)18-20)19(4)10-13-8-6-7-11(2)17-13/h6-8H,5,9-10,16H2,1-4H3. The van der Waals surface area contributed by atoms with Crippen LogP contribution in [0.4, 0.5) is 11.5 Å². The van der Waals surface area contributed by atoms with Gasteiger partial charge in [0.25, 0.3) is 0 Å². The fourth-order valence-corrected chi connectivity index (χ4v) is 2.36. The lowest BCUT2D eigenvalue weighted by Crippen LogP contribution is -2.22. The van der Waals surface area contributed by atoms with Gasteiger partial charge in [-0.3, -0.25) is 4.98 Å². The van der Waals surface area contributed by atoms with E-state index in [4.69, 9.17) is 5.73 Å². The Bertz CT molecular complexity index is 588. The molecule has 2 aromatic heterocycles. The molecule has 20 heavy (non-hydrogen) atoms. The molecule has 0 saturated carbocycles. The van der Waals surface area contributed by atoms with E-state index in [0.717, 1.165) is 48.1 Å². The average Bonchev–Trinajstić information content (AvgIpc) is 2.65. The van der Waals surface area contributed by atoms with Crippen LogP contribution in [-0.2, 0) is 13.1 Å². The Labute approximate surface area is 120 Å². The summed E-state index contributed by atoms with van der Waals surface area (Å²) in [4.78, 5) is 6.66. The van der Waals surface area contributed by atoms with Gasteiger partial charge < -0.3 is 10.6 Å². The summed E-state index contributed by atoms with van der Waals surface area (Å²) in [5.41, 5.74) is 9.88. The van der Waals surface area contributed by atoms with Gasteiger partial charge in [0.2, 0.25) is 0 Å². The third-order valence-corrected chi connectivity index (χ3v) is 3.29. The highest BCUT2D eigenvalue weighted by atomic mass is 15.4. The highest BCUT2D eigenvalue weighted by molar-refractivity contribution is 5.65. The van der Waals surface area contributed by atoms with Gasteiger partial charge in [0, 0.05) is 19.3 Å². The first-order valence-corrected chi connectivity index (χ1v) is 6.99. The van der Waals surface area contributed by atoms with Crippen molar-refractivity contribution in [1.82, 2.24) is 14.8 Å². The number of aromatic nitrogens is 3. The van der Waals surface area contributed by atoms with Crippen molar-refractivity contribution in [2.75, 3.05) is 17.7 Å². The van der Waals surface area contributed by atoms with Crippen molar-refractivity contribution in [3.05, 3.63) is 35.3 Å². The van der Waals surface area contributed by atoms with Gasteiger partial charge in [0.1, 0.15) is 0 Å². The molecular weight excluding hydrogens is 250 g/mol. The van der Waals surface area contributed by atoms with Crippen molar-refractivity contribution >= 4 is 11.5 Å². The molecule has 0 bridgehead atoms. The molecule has 0 aromatic carbocycles. The van der Waals surface area contributed by atoms with Crippen molar-refractivity contribution < 1.29 is 0 Å². The van der Waals surface area contributed by atoms with E-state index in [1.807, 2.05) is 43.8 Å². The summed E-state index contributed by atoms with van der Waals surface area (Å²) >= 11 is 0. The number of nitrogen functional groups attached to an aromatic ring is 1. The number of aryl methyl sites for hydroxylation is 3. The molecule has 0 saturated heterocycles. The minimum atomic E-state index is 0.723. The van der Waals surface area contributed by atoms with Crippen LogP contribution in [0.1, 0.15) is 30.4 Å². The Morgan fingerprint density at radius 2 is 2.05 bits per heavy atom. The van der Waals surface area contributed by atoms with Crippen molar-refractivity contribution in [3.63, 3.8) is 0 Å². The Balaban J connectivity index is 2.26. The fourth-order valence-electron chi connectivity index (χ4n) is 2.36. The van der Waals surface area contributed by atoms with E-state index in [-0.39, 0.29) is 0 Å². The molecule has 2 rings (SSSR count). The normalized spacial score (nSPS) is 10.8. The van der Waals surface area contributed by atoms with Crippen LogP contribution in [0.25, 0.3) is 0 Å². The average molecular weight is 273 g/mol. The van der Waals surface area contributed by atoms with E-state index in [1.165, 1.54) is 0 Å². The van der Waals surface area contributed by atoms with Crippen LogP contribution in [0, 0.1) is 13.8 Å². The zero-order valence-corrected chi connectivity index (χ0v) is 12.7. The number of hydrogen-bond acceptors (Lipinski definition) is 4. The quantitative estimate of drug-likeness (QED) is 0.909. The first-order valence-electron chi connectivity index (χ1n) is 6.99. The van der Waals surface area contributed by atoms with Crippen LogP contribution in [0.3, 0.4) is 0 Å². The number of rotatable bonds is 5. The van der Waals surface area contributed by atoms with Crippen LogP contribution in [-0.4, -0.2) is 21.8 Å². The molecule has 2 heterocycles. The molecule has 0 aliphatic rings. The van der Waals surface area contributed by atoms with E-state index in [2.05, 4.69) is 21.9 Å². The van der Waals surface area contributed by atoms with Crippen LogP contribution in [0.15, 0.2) is 18.2 Å². The maximum absolute atomic E-state index is 6.17. The molecule has 0 radical (unpaired) electrons. The number of pyridine rings is 1. The van der Waals surface area contributed by atoms with Crippen LogP contribution in [0.2, 0.25) is 0 Å². The van der Waals surface area contributed by atoms with Crippen molar-refractivity contribution in [2.24, 2.45) is 0 Å². The summed E-state index contributed by atoms with van der Waals surface area (Å²) in [6.45, 7) is 7.69. The fraction of sp³-hybridized carbons (Fsp3) is 0.467. The molecule has 5 heteroatoms.